The summed E-state index contributed by atoms with van der Waals surface area (Å²) in [5.41, 5.74) is 3.07. The average molecular weight is 408 g/mol. The number of nitrogens with one attached hydrogen (secondary N) is 2. The van der Waals surface area contributed by atoms with E-state index in [2.05, 4.69) is 10.6 Å². The third-order valence-electron chi connectivity index (χ3n) is 4.02. The van der Waals surface area contributed by atoms with Crippen molar-refractivity contribution in [2.24, 2.45) is 0 Å². The highest BCUT2D eigenvalue weighted by Crippen LogP contribution is 2.24. The zero-order valence-corrected chi connectivity index (χ0v) is 17.3. The highest BCUT2D eigenvalue weighted by atomic mass is 35.5. The van der Waals surface area contributed by atoms with E-state index in [-0.39, 0.29) is 18.0 Å². The van der Waals surface area contributed by atoms with Gasteiger partial charge in [0.15, 0.2) is 0 Å². The van der Waals surface area contributed by atoms with Gasteiger partial charge in [-0.2, -0.15) is 0 Å². The van der Waals surface area contributed by atoms with Crippen molar-refractivity contribution in [1.29, 1.82) is 0 Å². The van der Waals surface area contributed by atoms with Crippen LogP contribution in [0.3, 0.4) is 0 Å². The Bertz CT molecular complexity index is 853. The summed E-state index contributed by atoms with van der Waals surface area (Å²) in [6.45, 7) is 7.61. The molecule has 2 rings (SSSR count). The standard InChI is InChI=1S/C20H23Cl2N3O2/c1-12(2)25(11-15-6-8-17(21)18(22)9-15)20(27)24-16-7-5-13(3)19(10-16)23-14(4)26/h5-10,12H,11H2,1-4H3,(H,23,26)(H,24,27). The van der Waals surface area contributed by atoms with Crippen molar-refractivity contribution in [2.75, 3.05) is 10.6 Å². The Labute approximate surface area is 169 Å². The maximum absolute atomic E-state index is 12.8. The zero-order chi connectivity index (χ0) is 20.1. The predicted octanol–water partition coefficient (Wildman–Crippen LogP) is 5.70. The Kier molecular flexibility index (Phi) is 7.11. The number of nitrogens with zero attached hydrogens (tertiary/aromatic N) is 1. The number of urea groups is 1. The second-order valence-corrected chi connectivity index (χ2v) is 7.43. The molecule has 2 aromatic carbocycles. The van der Waals surface area contributed by atoms with Gasteiger partial charge in [-0.1, -0.05) is 35.3 Å². The number of anilines is 2. The zero-order valence-electron chi connectivity index (χ0n) is 15.8. The molecule has 0 fully saturated rings. The molecule has 2 N–H and O–H groups in total. The van der Waals surface area contributed by atoms with E-state index in [0.29, 0.717) is 28.0 Å². The van der Waals surface area contributed by atoms with Crippen molar-refractivity contribution >= 4 is 46.5 Å². The molecule has 0 saturated carbocycles. The van der Waals surface area contributed by atoms with Crippen molar-refractivity contribution in [3.8, 4) is 0 Å². The van der Waals surface area contributed by atoms with Gasteiger partial charge < -0.3 is 15.5 Å². The van der Waals surface area contributed by atoms with E-state index in [9.17, 15) is 9.59 Å². The number of benzene rings is 2. The molecule has 144 valence electrons. The van der Waals surface area contributed by atoms with E-state index < -0.39 is 0 Å². The van der Waals surface area contributed by atoms with Crippen LogP contribution in [0.5, 0.6) is 0 Å². The second kappa shape index (κ2) is 9.11. The Morgan fingerprint density at radius 1 is 1.04 bits per heavy atom. The van der Waals surface area contributed by atoms with Crippen molar-refractivity contribution in [3.05, 3.63) is 57.6 Å². The van der Waals surface area contributed by atoms with E-state index in [1.54, 1.807) is 29.2 Å². The van der Waals surface area contributed by atoms with Crippen molar-refractivity contribution < 1.29 is 9.59 Å². The molecule has 0 unspecified atom stereocenters. The molecule has 0 aliphatic heterocycles. The fourth-order valence-electron chi connectivity index (χ4n) is 2.54. The quantitative estimate of drug-likeness (QED) is 0.667. The van der Waals surface area contributed by atoms with Crippen LogP contribution < -0.4 is 10.6 Å². The Morgan fingerprint density at radius 2 is 1.74 bits per heavy atom. The van der Waals surface area contributed by atoms with Gasteiger partial charge in [0.1, 0.15) is 0 Å². The molecule has 0 saturated heterocycles. The van der Waals surface area contributed by atoms with Crippen LogP contribution >= 0.6 is 23.2 Å². The first-order valence-electron chi connectivity index (χ1n) is 8.57. The number of aryl methyl sites for hydroxylation is 1. The molecule has 0 atom stereocenters. The van der Waals surface area contributed by atoms with Crippen LogP contribution in [-0.4, -0.2) is 22.9 Å². The topological polar surface area (TPSA) is 61.4 Å². The van der Waals surface area contributed by atoms with Crippen LogP contribution in [0.25, 0.3) is 0 Å². The third kappa shape index (κ3) is 5.88. The number of carbonyl (C=O) groups excluding carboxylic acids is 2. The van der Waals surface area contributed by atoms with E-state index >= 15 is 0 Å². The summed E-state index contributed by atoms with van der Waals surface area (Å²) in [4.78, 5) is 25.8. The van der Waals surface area contributed by atoms with Gasteiger partial charge in [0.2, 0.25) is 5.91 Å². The summed E-state index contributed by atoms with van der Waals surface area (Å²) in [5, 5.41) is 6.58. The van der Waals surface area contributed by atoms with E-state index in [1.165, 1.54) is 6.92 Å². The van der Waals surface area contributed by atoms with E-state index in [0.717, 1.165) is 11.1 Å². The minimum atomic E-state index is -0.242. The highest BCUT2D eigenvalue weighted by Gasteiger charge is 2.18. The van der Waals surface area contributed by atoms with Crippen LogP contribution in [0.15, 0.2) is 36.4 Å². The van der Waals surface area contributed by atoms with Gasteiger partial charge >= 0.3 is 6.03 Å². The molecule has 5 nitrogen and oxygen atoms in total. The number of hydrogen-bond acceptors (Lipinski definition) is 2. The van der Waals surface area contributed by atoms with Crippen LogP contribution in [0, 0.1) is 6.92 Å². The number of rotatable bonds is 5. The number of hydrogen-bond donors (Lipinski definition) is 2. The smallest absolute Gasteiger partial charge is 0.322 e. The minimum Gasteiger partial charge on any atom is -0.326 e. The van der Waals surface area contributed by atoms with Crippen LogP contribution in [0.4, 0.5) is 16.2 Å². The van der Waals surface area contributed by atoms with Gasteiger partial charge in [-0.15, -0.1) is 0 Å². The summed E-state index contributed by atoms with van der Waals surface area (Å²) >= 11 is 12.0. The van der Waals surface area contributed by atoms with Crippen LogP contribution in [0.1, 0.15) is 31.9 Å². The van der Waals surface area contributed by atoms with E-state index in [4.69, 9.17) is 23.2 Å². The van der Waals surface area contributed by atoms with Crippen LogP contribution in [0.2, 0.25) is 10.0 Å². The molecule has 7 heteroatoms. The lowest BCUT2D eigenvalue weighted by atomic mass is 10.1. The summed E-state index contributed by atoms with van der Waals surface area (Å²) in [6, 6.07) is 10.4. The second-order valence-electron chi connectivity index (χ2n) is 6.61. The number of halogens is 2. The first-order valence-corrected chi connectivity index (χ1v) is 9.32. The average Bonchev–Trinajstić information content (AvgIpc) is 2.58. The highest BCUT2D eigenvalue weighted by molar-refractivity contribution is 6.42. The molecule has 0 aromatic heterocycles. The van der Waals surface area contributed by atoms with Gasteiger partial charge in [-0.25, -0.2) is 4.79 Å². The van der Waals surface area contributed by atoms with Crippen molar-refractivity contribution in [1.82, 2.24) is 4.90 Å². The lowest BCUT2D eigenvalue weighted by Gasteiger charge is -2.27. The van der Waals surface area contributed by atoms with Crippen molar-refractivity contribution in [3.63, 3.8) is 0 Å². The maximum Gasteiger partial charge on any atom is 0.322 e. The molecule has 0 bridgehead atoms. The number of amides is 3. The molecule has 2 aromatic rings. The SMILES string of the molecule is CC(=O)Nc1cc(NC(=O)N(Cc2ccc(Cl)c(Cl)c2)C(C)C)ccc1C. The van der Waals surface area contributed by atoms with Gasteiger partial charge in [-0.05, 0) is 56.2 Å². The van der Waals surface area contributed by atoms with Gasteiger partial charge in [0.25, 0.3) is 0 Å². The normalized spacial score (nSPS) is 10.6. The summed E-state index contributed by atoms with van der Waals surface area (Å²) < 4.78 is 0. The van der Waals surface area contributed by atoms with Gasteiger partial charge in [0.05, 0.1) is 10.0 Å². The van der Waals surface area contributed by atoms with E-state index in [1.807, 2.05) is 32.9 Å². The molecule has 0 aliphatic carbocycles. The lowest BCUT2D eigenvalue weighted by Crippen LogP contribution is -2.39. The van der Waals surface area contributed by atoms with Gasteiger partial charge in [-0.3, -0.25) is 4.79 Å². The lowest BCUT2D eigenvalue weighted by molar-refractivity contribution is -0.114. The molecule has 0 heterocycles. The molecule has 27 heavy (non-hydrogen) atoms. The molecule has 0 spiro atoms. The Morgan fingerprint density at radius 3 is 2.33 bits per heavy atom. The monoisotopic (exact) mass is 407 g/mol. The van der Waals surface area contributed by atoms with Gasteiger partial charge in [0, 0.05) is 30.9 Å². The maximum atomic E-state index is 12.8. The Hall–Kier alpha value is -2.24. The molecule has 3 amide bonds. The first kappa shape index (κ1) is 21.1. The minimum absolute atomic E-state index is 0.0280. The molecule has 0 aliphatic rings. The Balaban J connectivity index is 2.17. The number of carbonyl (C=O) groups is 2. The van der Waals surface area contributed by atoms with Crippen molar-refractivity contribution in [2.45, 2.75) is 40.3 Å². The predicted molar refractivity (Wildman–Crippen MR) is 112 cm³/mol. The summed E-state index contributed by atoms with van der Waals surface area (Å²) in [7, 11) is 0. The molecular formula is C20H23Cl2N3O2. The fraction of sp³-hybridized carbons (Fsp3) is 0.300. The molecular weight excluding hydrogens is 385 g/mol. The summed E-state index contributed by atoms with van der Waals surface area (Å²) in [5.74, 6) is -0.162. The van der Waals surface area contributed by atoms with Crippen LogP contribution in [-0.2, 0) is 11.3 Å². The summed E-state index contributed by atoms with van der Waals surface area (Å²) in [6.07, 6.45) is 0. The fourth-order valence-corrected chi connectivity index (χ4v) is 2.86. The largest absolute Gasteiger partial charge is 0.326 e. The first-order chi connectivity index (χ1) is 12.7. The third-order valence-corrected chi connectivity index (χ3v) is 4.76. The molecule has 0 radical (unpaired) electrons.